The van der Waals surface area contributed by atoms with Gasteiger partial charge in [0.25, 0.3) is 5.91 Å². The molecule has 4 rings (SSSR count). The summed E-state index contributed by atoms with van der Waals surface area (Å²) < 4.78 is 68.8. The molecule has 1 aliphatic carbocycles. The highest BCUT2D eigenvalue weighted by atomic mass is 35.5. The van der Waals surface area contributed by atoms with Crippen molar-refractivity contribution >= 4 is 40.8 Å². The van der Waals surface area contributed by atoms with E-state index in [0.29, 0.717) is 11.0 Å². The third kappa shape index (κ3) is 3.77. The Hall–Kier alpha value is -3.28. The van der Waals surface area contributed by atoms with Crippen LogP contribution in [-0.4, -0.2) is 42.3 Å². The van der Waals surface area contributed by atoms with E-state index >= 15 is 0 Å². The van der Waals surface area contributed by atoms with Crippen LogP contribution in [0.4, 0.5) is 38.3 Å². The van der Waals surface area contributed by atoms with Crippen molar-refractivity contribution in [2.45, 2.75) is 25.1 Å². The number of benzene rings is 1. The Morgan fingerprint density at radius 2 is 1.94 bits per heavy atom. The van der Waals surface area contributed by atoms with Crippen LogP contribution in [-0.2, 0) is 17.4 Å². The van der Waals surface area contributed by atoms with Crippen molar-refractivity contribution < 1.29 is 36.3 Å². The van der Waals surface area contributed by atoms with Gasteiger partial charge in [0.1, 0.15) is 28.4 Å². The Labute approximate surface area is 188 Å². The molecule has 1 aromatic carbocycles. The molecule has 174 valence electrons. The maximum Gasteiger partial charge on any atom is 0.416 e. The summed E-state index contributed by atoms with van der Waals surface area (Å²) in [6.07, 6.45) is -5.12. The second kappa shape index (κ2) is 7.94. The molecule has 0 saturated carbocycles. The molecule has 1 aromatic heterocycles. The SMILES string of the molecule is CN(C(=O)[C@@H]1CNC(=O)N1c1cc(C(F)(F)F)c2c(n1)C(=O)CC2)c1ccc(F)c(Cl)c1F. The molecule has 2 aliphatic rings. The minimum absolute atomic E-state index is 0.141. The number of carbonyl (C=O) groups excluding carboxylic acids is 3. The lowest BCUT2D eigenvalue weighted by Gasteiger charge is -2.27. The molecular weight excluding hydrogens is 475 g/mol. The van der Waals surface area contributed by atoms with Gasteiger partial charge < -0.3 is 10.2 Å². The van der Waals surface area contributed by atoms with E-state index in [-0.39, 0.29) is 24.9 Å². The highest BCUT2D eigenvalue weighted by Gasteiger charge is 2.44. The second-order valence-corrected chi connectivity index (χ2v) is 7.82. The zero-order valence-corrected chi connectivity index (χ0v) is 17.5. The van der Waals surface area contributed by atoms with Crippen LogP contribution in [0, 0.1) is 11.6 Å². The Balaban J connectivity index is 1.75. The summed E-state index contributed by atoms with van der Waals surface area (Å²) in [5.41, 5.74) is -2.20. The number of halogens is 6. The fraction of sp³-hybridized carbons (Fsp3) is 0.300. The molecule has 7 nitrogen and oxygen atoms in total. The first-order chi connectivity index (χ1) is 15.4. The number of fused-ring (bicyclic) bond motifs is 1. The molecule has 0 spiro atoms. The molecule has 2 heterocycles. The number of likely N-dealkylation sites (N-methyl/N-ethyl adjacent to an activating group) is 1. The van der Waals surface area contributed by atoms with Crippen LogP contribution in [0.1, 0.15) is 28.0 Å². The Bertz CT molecular complexity index is 1200. The molecule has 1 aliphatic heterocycles. The van der Waals surface area contributed by atoms with Gasteiger partial charge in [-0.1, -0.05) is 11.6 Å². The smallest absolute Gasteiger partial charge is 0.335 e. The zero-order valence-electron chi connectivity index (χ0n) is 16.8. The monoisotopic (exact) mass is 488 g/mol. The molecule has 33 heavy (non-hydrogen) atoms. The third-order valence-corrected chi connectivity index (χ3v) is 5.84. The van der Waals surface area contributed by atoms with E-state index in [4.69, 9.17) is 11.6 Å². The average molecular weight is 489 g/mol. The number of Topliss-reactive ketones (excluding diaryl/α,β-unsaturated/α-hetero) is 1. The van der Waals surface area contributed by atoms with Crippen LogP contribution in [0.25, 0.3) is 0 Å². The normalized spacial score (nSPS) is 17.9. The number of nitrogens with zero attached hydrogens (tertiary/aromatic N) is 3. The summed E-state index contributed by atoms with van der Waals surface area (Å²) in [4.78, 5) is 43.0. The number of carbonyl (C=O) groups is 3. The van der Waals surface area contributed by atoms with Crippen molar-refractivity contribution in [3.8, 4) is 0 Å². The summed E-state index contributed by atoms with van der Waals surface area (Å²) in [6, 6.07) is 0.0535. The maximum absolute atomic E-state index is 14.4. The molecule has 1 fully saturated rings. The van der Waals surface area contributed by atoms with E-state index < -0.39 is 69.4 Å². The molecule has 2 aromatic rings. The van der Waals surface area contributed by atoms with Crippen molar-refractivity contribution in [3.05, 3.63) is 51.7 Å². The number of urea groups is 1. The van der Waals surface area contributed by atoms with Crippen molar-refractivity contribution in [1.29, 1.82) is 0 Å². The standard InChI is InChI=1S/C20H14ClF5N4O3/c1-29(11-4-3-10(22)15(21)16(11)23)18(32)12-7-27-19(33)30(12)14-6-9(20(24,25)26)8-2-5-13(31)17(8)28-14/h3-4,6,12H,2,5,7H2,1H3,(H,27,33)/t12-/m0/s1. The van der Waals surface area contributed by atoms with Gasteiger partial charge in [0.15, 0.2) is 11.6 Å². The number of aromatic nitrogens is 1. The molecule has 3 amide bonds. The third-order valence-electron chi connectivity index (χ3n) is 5.50. The van der Waals surface area contributed by atoms with Gasteiger partial charge in [0.2, 0.25) is 0 Å². The van der Waals surface area contributed by atoms with Gasteiger partial charge in [-0.25, -0.2) is 18.6 Å². The molecule has 1 saturated heterocycles. The summed E-state index contributed by atoms with van der Waals surface area (Å²) in [5, 5.41) is 1.48. The number of hydrogen-bond acceptors (Lipinski definition) is 4. The number of amides is 3. The van der Waals surface area contributed by atoms with Crippen molar-refractivity contribution in [2.24, 2.45) is 0 Å². The van der Waals surface area contributed by atoms with E-state index in [2.05, 4.69) is 10.3 Å². The van der Waals surface area contributed by atoms with Gasteiger partial charge >= 0.3 is 12.2 Å². The van der Waals surface area contributed by atoms with E-state index in [9.17, 15) is 36.3 Å². The highest BCUT2D eigenvalue weighted by molar-refractivity contribution is 6.31. The number of hydrogen-bond donors (Lipinski definition) is 1. The predicted octanol–water partition coefficient (Wildman–Crippen LogP) is 3.72. The van der Waals surface area contributed by atoms with E-state index in [0.717, 1.165) is 24.1 Å². The van der Waals surface area contributed by atoms with Crippen LogP contribution in [0.5, 0.6) is 0 Å². The minimum Gasteiger partial charge on any atom is -0.335 e. The van der Waals surface area contributed by atoms with Crippen LogP contribution < -0.4 is 15.1 Å². The summed E-state index contributed by atoms with van der Waals surface area (Å²) in [7, 11) is 1.14. The lowest BCUT2D eigenvalue weighted by atomic mass is 10.1. The number of ketones is 1. The van der Waals surface area contributed by atoms with Gasteiger partial charge in [0, 0.05) is 20.0 Å². The quantitative estimate of drug-likeness (QED) is 0.527. The minimum atomic E-state index is -4.83. The lowest BCUT2D eigenvalue weighted by Crippen LogP contribution is -2.47. The molecule has 1 atom stereocenters. The highest BCUT2D eigenvalue weighted by Crippen LogP contribution is 2.39. The Morgan fingerprint density at radius 3 is 2.61 bits per heavy atom. The maximum atomic E-state index is 14.4. The van der Waals surface area contributed by atoms with Gasteiger partial charge in [-0.3, -0.25) is 14.5 Å². The van der Waals surface area contributed by atoms with Gasteiger partial charge in [-0.05, 0) is 30.2 Å². The molecule has 0 unspecified atom stereocenters. The summed E-state index contributed by atoms with van der Waals surface area (Å²) >= 11 is 5.55. The fourth-order valence-corrected chi connectivity index (χ4v) is 4.02. The van der Waals surface area contributed by atoms with Gasteiger partial charge in [-0.15, -0.1) is 0 Å². The van der Waals surface area contributed by atoms with E-state index in [1.54, 1.807) is 0 Å². The first kappa shape index (κ1) is 22.9. The molecule has 1 N–H and O–H groups in total. The topological polar surface area (TPSA) is 82.6 Å². The van der Waals surface area contributed by atoms with E-state index in [1.165, 1.54) is 0 Å². The Morgan fingerprint density at radius 1 is 1.24 bits per heavy atom. The van der Waals surface area contributed by atoms with Crippen molar-refractivity contribution in [2.75, 3.05) is 23.4 Å². The lowest BCUT2D eigenvalue weighted by molar-refractivity contribution is -0.138. The van der Waals surface area contributed by atoms with Gasteiger partial charge in [-0.2, -0.15) is 13.2 Å². The number of alkyl halides is 3. The second-order valence-electron chi connectivity index (χ2n) is 7.44. The Kier molecular flexibility index (Phi) is 5.51. The first-order valence-corrected chi connectivity index (χ1v) is 9.92. The summed E-state index contributed by atoms with van der Waals surface area (Å²) in [5.74, 6) is -4.34. The van der Waals surface area contributed by atoms with Crippen LogP contribution >= 0.6 is 11.6 Å². The van der Waals surface area contributed by atoms with Crippen molar-refractivity contribution in [3.63, 3.8) is 0 Å². The average Bonchev–Trinajstić information content (AvgIpc) is 3.32. The first-order valence-electron chi connectivity index (χ1n) is 9.54. The van der Waals surface area contributed by atoms with Crippen LogP contribution in [0.2, 0.25) is 5.02 Å². The van der Waals surface area contributed by atoms with Crippen LogP contribution in [0.15, 0.2) is 18.2 Å². The fourth-order valence-electron chi connectivity index (χ4n) is 3.86. The van der Waals surface area contributed by atoms with E-state index in [1.807, 2.05) is 0 Å². The molecular formula is C20H14ClF5N4O3. The van der Waals surface area contributed by atoms with Gasteiger partial charge in [0.05, 0.1) is 11.3 Å². The predicted molar refractivity (Wildman–Crippen MR) is 106 cm³/mol. The molecule has 0 radical (unpaired) electrons. The number of nitrogens with one attached hydrogen (secondary N) is 1. The number of anilines is 2. The summed E-state index contributed by atoms with van der Waals surface area (Å²) in [6.45, 7) is -0.327. The van der Waals surface area contributed by atoms with Crippen LogP contribution in [0.3, 0.4) is 0 Å². The largest absolute Gasteiger partial charge is 0.416 e. The number of rotatable bonds is 3. The molecule has 13 heteroatoms. The zero-order chi connectivity index (χ0) is 24.2. The van der Waals surface area contributed by atoms with Crippen molar-refractivity contribution in [1.82, 2.24) is 10.3 Å². The number of pyridine rings is 1. The molecule has 0 bridgehead atoms.